The molecule has 0 aromatic heterocycles. The summed E-state index contributed by atoms with van der Waals surface area (Å²) >= 11 is 0. The molecule has 37 heavy (non-hydrogen) atoms. The number of hydrazine groups is 2. The molecule has 0 bridgehead atoms. The number of nitrogens with one attached hydrogen (secondary N) is 2. The summed E-state index contributed by atoms with van der Waals surface area (Å²) in [5.41, 5.74) is 6.95. The average Bonchev–Trinajstić information content (AvgIpc) is 3.30. The van der Waals surface area contributed by atoms with E-state index < -0.39 is 0 Å². The van der Waals surface area contributed by atoms with E-state index >= 15 is 0 Å². The van der Waals surface area contributed by atoms with E-state index in [4.69, 9.17) is 33.2 Å². The van der Waals surface area contributed by atoms with Crippen LogP contribution in [0.15, 0.2) is 0 Å². The van der Waals surface area contributed by atoms with E-state index in [-0.39, 0.29) is 11.5 Å². The van der Waals surface area contributed by atoms with Gasteiger partial charge in [-0.05, 0) is 23.7 Å². The molecule has 10 nitrogen and oxygen atoms in total. The van der Waals surface area contributed by atoms with Gasteiger partial charge in [0.25, 0.3) is 0 Å². The minimum absolute atomic E-state index is 0.235. The Balaban J connectivity index is 1.79. The quantitative estimate of drug-likeness (QED) is 0.170. The minimum Gasteiger partial charge on any atom is -0.379 e. The Labute approximate surface area is 226 Å². The number of rotatable bonds is 25. The van der Waals surface area contributed by atoms with Crippen LogP contribution in [0, 0.1) is 10.8 Å². The third kappa shape index (κ3) is 22.1. The van der Waals surface area contributed by atoms with Gasteiger partial charge >= 0.3 is 0 Å². The van der Waals surface area contributed by atoms with E-state index in [0.29, 0.717) is 84.7 Å². The molecule has 1 aliphatic rings. The molecule has 0 aromatic rings. The second kappa shape index (κ2) is 21.4. The molecule has 1 fully saturated rings. The largest absolute Gasteiger partial charge is 0.379 e. The molecule has 0 amide bonds. The van der Waals surface area contributed by atoms with Crippen LogP contribution in [0.2, 0.25) is 0 Å². The third-order valence-corrected chi connectivity index (χ3v) is 6.00. The molecule has 0 radical (unpaired) electrons. The zero-order chi connectivity index (χ0) is 27.2. The number of nitrogens with zero attached hydrogens (tertiary/aromatic N) is 1. The summed E-state index contributed by atoms with van der Waals surface area (Å²) in [4.78, 5) is 0. The Hall–Kier alpha value is -0.400. The van der Waals surface area contributed by atoms with E-state index in [9.17, 15) is 0 Å². The smallest absolute Gasteiger partial charge is 0.0701 e. The van der Waals surface area contributed by atoms with Gasteiger partial charge in [0.15, 0.2) is 0 Å². The van der Waals surface area contributed by atoms with Crippen LogP contribution in [0.1, 0.15) is 54.4 Å². The fourth-order valence-electron chi connectivity index (χ4n) is 3.11. The van der Waals surface area contributed by atoms with Gasteiger partial charge in [0, 0.05) is 19.7 Å². The van der Waals surface area contributed by atoms with Crippen LogP contribution in [0.3, 0.4) is 0 Å². The normalized spacial score (nSPS) is 17.2. The molecule has 1 saturated heterocycles. The van der Waals surface area contributed by atoms with Gasteiger partial charge in [0.2, 0.25) is 0 Å². The Morgan fingerprint density at radius 2 is 1.14 bits per heavy atom. The van der Waals surface area contributed by atoms with Crippen molar-refractivity contribution in [2.24, 2.45) is 10.8 Å². The minimum atomic E-state index is 0.235. The number of hydrogen-bond acceptors (Lipinski definition) is 10. The lowest BCUT2D eigenvalue weighted by molar-refractivity contribution is -0.00729. The predicted octanol–water partition coefficient (Wildman–Crippen LogP) is 2.67. The summed E-state index contributed by atoms with van der Waals surface area (Å²) in [5.74, 6) is 0. The third-order valence-electron chi connectivity index (χ3n) is 6.00. The molecule has 1 aliphatic heterocycles. The molecule has 222 valence electrons. The van der Waals surface area contributed by atoms with Gasteiger partial charge in [0.1, 0.15) is 0 Å². The Bertz CT molecular complexity index is 521. The first-order valence-corrected chi connectivity index (χ1v) is 14.0. The van der Waals surface area contributed by atoms with Crippen molar-refractivity contribution in [2.75, 3.05) is 106 Å². The molecule has 0 saturated carbocycles. The molecule has 10 heteroatoms. The van der Waals surface area contributed by atoms with Crippen molar-refractivity contribution in [1.82, 2.24) is 16.0 Å². The Morgan fingerprint density at radius 3 is 1.68 bits per heavy atom. The lowest BCUT2D eigenvalue weighted by atomic mass is 9.92. The molecular weight excluding hydrogens is 478 g/mol. The zero-order valence-electron chi connectivity index (χ0n) is 24.6. The monoisotopic (exact) mass is 535 g/mol. The summed E-state index contributed by atoms with van der Waals surface area (Å²) in [6.07, 6.45) is 2.16. The highest BCUT2D eigenvalue weighted by Crippen LogP contribution is 2.19. The number of ether oxygens (including phenoxy) is 7. The lowest BCUT2D eigenvalue weighted by Crippen LogP contribution is -2.39. The Kier molecular flexibility index (Phi) is 20.1. The van der Waals surface area contributed by atoms with Crippen LogP contribution in [0.5, 0.6) is 0 Å². The van der Waals surface area contributed by atoms with Crippen LogP contribution >= 0.6 is 0 Å². The maximum atomic E-state index is 5.72. The second-order valence-electron chi connectivity index (χ2n) is 11.4. The van der Waals surface area contributed by atoms with Crippen molar-refractivity contribution in [3.05, 3.63) is 0 Å². The van der Waals surface area contributed by atoms with Crippen molar-refractivity contribution < 1.29 is 33.2 Å². The van der Waals surface area contributed by atoms with E-state index in [1.807, 2.05) is 0 Å². The molecule has 1 atom stereocenters. The van der Waals surface area contributed by atoms with Crippen LogP contribution in [0.4, 0.5) is 0 Å². The lowest BCUT2D eigenvalue weighted by Gasteiger charge is -2.22. The van der Waals surface area contributed by atoms with Crippen molar-refractivity contribution in [1.29, 1.82) is 0 Å². The van der Waals surface area contributed by atoms with Gasteiger partial charge in [0.05, 0.1) is 91.9 Å². The fourth-order valence-corrected chi connectivity index (χ4v) is 3.11. The van der Waals surface area contributed by atoms with Gasteiger partial charge in [-0.1, -0.05) is 41.5 Å². The summed E-state index contributed by atoms with van der Waals surface area (Å²) in [5, 5.41) is 2.10. The van der Waals surface area contributed by atoms with Gasteiger partial charge in [-0.2, -0.15) is 5.53 Å². The maximum absolute atomic E-state index is 5.72. The van der Waals surface area contributed by atoms with Crippen LogP contribution < -0.4 is 11.0 Å². The van der Waals surface area contributed by atoms with E-state index in [1.54, 1.807) is 0 Å². The van der Waals surface area contributed by atoms with Gasteiger partial charge in [-0.15, -0.1) is 0 Å². The van der Waals surface area contributed by atoms with E-state index in [2.05, 4.69) is 57.5 Å². The first-order valence-electron chi connectivity index (χ1n) is 14.0. The topological polar surface area (TPSA) is 91.9 Å². The highest BCUT2D eigenvalue weighted by molar-refractivity contribution is 4.73. The predicted molar refractivity (Wildman–Crippen MR) is 146 cm³/mol. The Morgan fingerprint density at radius 1 is 0.649 bits per heavy atom. The molecule has 1 heterocycles. The zero-order valence-corrected chi connectivity index (χ0v) is 24.6. The fraction of sp³-hybridized carbons (Fsp3) is 1.00. The molecular formula is C27H57N3O7. The summed E-state index contributed by atoms with van der Waals surface area (Å²) in [6.45, 7) is 23.6. The molecule has 0 spiro atoms. The summed E-state index contributed by atoms with van der Waals surface area (Å²) in [7, 11) is 0. The van der Waals surface area contributed by atoms with E-state index in [0.717, 1.165) is 39.1 Å². The summed E-state index contributed by atoms with van der Waals surface area (Å²) < 4.78 is 39.2. The first kappa shape index (κ1) is 34.6. The number of hydrogen-bond donors (Lipinski definition) is 2. The average molecular weight is 536 g/mol. The highest BCUT2D eigenvalue weighted by Gasteiger charge is 2.21. The summed E-state index contributed by atoms with van der Waals surface area (Å²) in [6, 6.07) is 0.239. The molecule has 0 aliphatic carbocycles. The van der Waals surface area contributed by atoms with Gasteiger partial charge in [-0.3, -0.25) is 0 Å². The molecule has 0 aromatic carbocycles. The van der Waals surface area contributed by atoms with Crippen LogP contribution in [-0.2, 0) is 33.2 Å². The maximum Gasteiger partial charge on any atom is 0.0701 e. The van der Waals surface area contributed by atoms with Gasteiger partial charge < -0.3 is 33.2 Å². The van der Waals surface area contributed by atoms with Crippen molar-refractivity contribution in [3.63, 3.8) is 0 Å². The van der Waals surface area contributed by atoms with Crippen molar-refractivity contribution in [2.45, 2.75) is 60.4 Å². The van der Waals surface area contributed by atoms with Crippen molar-refractivity contribution in [3.8, 4) is 0 Å². The highest BCUT2D eigenvalue weighted by atomic mass is 16.6. The van der Waals surface area contributed by atoms with E-state index in [1.165, 1.54) is 0 Å². The van der Waals surface area contributed by atoms with Gasteiger partial charge in [-0.25, -0.2) is 10.4 Å². The molecule has 1 unspecified atom stereocenters. The standard InChI is InChI=1S/C27H57N3O7/c1-7-27(5,6)24-37-21-19-35-15-13-32-11-9-30-22-25(28-29-30)23-36-20-18-34-17-16-33-14-12-31-10-8-26(2,3)4/h25,28-29H,7-24H2,1-6H3. The van der Waals surface area contributed by atoms with Crippen LogP contribution in [-0.4, -0.2) is 117 Å². The SMILES string of the molecule is CCC(C)(C)COCCOCCOCCN1CC(COCCOCCOCCOCCC(C)(C)C)NN1. The molecule has 1 rings (SSSR count). The van der Waals surface area contributed by atoms with Crippen molar-refractivity contribution >= 4 is 0 Å². The second-order valence-corrected chi connectivity index (χ2v) is 11.4. The molecule has 2 N–H and O–H groups in total. The van der Waals surface area contributed by atoms with Crippen LogP contribution in [0.25, 0.3) is 0 Å². The first-order chi connectivity index (χ1) is 17.7.